The van der Waals surface area contributed by atoms with Crippen LogP contribution in [-0.4, -0.2) is 35.9 Å². The molecule has 2 N–H and O–H groups in total. The van der Waals surface area contributed by atoms with Crippen molar-refractivity contribution < 1.29 is 12.8 Å². The Morgan fingerprint density at radius 1 is 1.28 bits per heavy atom. The summed E-state index contributed by atoms with van der Waals surface area (Å²) in [4.78, 5) is 4.00. The molecule has 0 spiro atoms. The molecule has 3 aromatic rings. The second kappa shape index (κ2) is 7.51. The van der Waals surface area contributed by atoms with E-state index in [2.05, 4.69) is 19.9 Å². The minimum atomic E-state index is -3.70. The molecule has 132 valence electrons. The molecule has 0 aliphatic carbocycles. The molecule has 0 radical (unpaired) electrons. The molecule has 2 aromatic heterocycles. The lowest BCUT2D eigenvalue weighted by atomic mass is 10.1. The van der Waals surface area contributed by atoms with Crippen molar-refractivity contribution in [2.45, 2.75) is 17.7 Å². The van der Waals surface area contributed by atoms with E-state index in [0.717, 1.165) is 5.56 Å². The van der Waals surface area contributed by atoms with Gasteiger partial charge in [0.2, 0.25) is 0 Å². The van der Waals surface area contributed by atoms with Gasteiger partial charge in [0.15, 0.2) is 10.7 Å². The number of rotatable bonds is 7. The fraction of sp³-hybridized carbons (Fsp3) is 0.250. The fourth-order valence-corrected chi connectivity index (χ4v) is 4.60. The molecule has 3 rings (SSSR count). The van der Waals surface area contributed by atoms with Gasteiger partial charge in [-0.1, -0.05) is 12.1 Å². The SMILES string of the molecule is Cc1cccc(F)c1CSCCNS(=O)(=O)c1[nH]nc2ncccc12. The summed E-state index contributed by atoms with van der Waals surface area (Å²) >= 11 is 1.47. The minimum absolute atomic E-state index is 0.00514. The number of pyridine rings is 1. The first-order valence-electron chi connectivity index (χ1n) is 7.59. The smallest absolute Gasteiger partial charge is 0.258 e. The molecule has 0 bridgehead atoms. The molecule has 0 unspecified atom stereocenters. The lowest BCUT2D eigenvalue weighted by Crippen LogP contribution is -2.26. The zero-order chi connectivity index (χ0) is 17.9. The Hall–Kier alpha value is -1.97. The molecule has 0 fully saturated rings. The van der Waals surface area contributed by atoms with Gasteiger partial charge in [0, 0.05) is 29.8 Å². The third kappa shape index (κ3) is 4.00. The van der Waals surface area contributed by atoms with E-state index in [9.17, 15) is 12.8 Å². The number of halogens is 1. The molecule has 0 atom stereocenters. The van der Waals surface area contributed by atoms with E-state index in [0.29, 0.717) is 28.1 Å². The number of fused-ring (bicyclic) bond motifs is 1. The quantitative estimate of drug-likeness (QED) is 0.615. The topological polar surface area (TPSA) is 87.7 Å². The first-order valence-corrected chi connectivity index (χ1v) is 10.2. The van der Waals surface area contributed by atoms with Crippen molar-refractivity contribution in [2.75, 3.05) is 12.3 Å². The standard InChI is InChI=1S/C16H17FN4O2S2/c1-11-4-2-6-14(17)13(11)10-24-9-8-19-25(22,23)16-12-5-3-7-18-15(12)20-21-16/h2-7,19H,8-10H2,1H3,(H,18,20,21). The molecule has 0 aliphatic rings. The van der Waals surface area contributed by atoms with Crippen molar-refractivity contribution in [2.24, 2.45) is 0 Å². The predicted octanol–water partition coefficient (Wildman–Crippen LogP) is 2.62. The van der Waals surface area contributed by atoms with Crippen LogP contribution >= 0.6 is 11.8 Å². The summed E-state index contributed by atoms with van der Waals surface area (Å²) in [5.74, 6) is 0.790. The number of nitrogens with zero attached hydrogens (tertiary/aromatic N) is 2. The van der Waals surface area contributed by atoms with E-state index in [1.807, 2.05) is 13.0 Å². The highest BCUT2D eigenvalue weighted by molar-refractivity contribution is 7.98. The molecule has 9 heteroatoms. The van der Waals surface area contributed by atoms with Crippen LogP contribution in [0.1, 0.15) is 11.1 Å². The zero-order valence-corrected chi connectivity index (χ0v) is 15.1. The number of aromatic amines is 1. The maximum absolute atomic E-state index is 13.7. The van der Waals surface area contributed by atoms with E-state index in [-0.39, 0.29) is 17.4 Å². The zero-order valence-electron chi connectivity index (χ0n) is 13.5. The number of hydrogen-bond donors (Lipinski definition) is 2. The summed E-state index contributed by atoms with van der Waals surface area (Å²) in [6.07, 6.45) is 1.55. The van der Waals surface area contributed by atoms with E-state index in [1.165, 1.54) is 17.8 Å². The third-order valence-electron chi connectivity index (χ3n) is 3.70. The summed E-state index contributed by atoms with van der Waals surface area (Å²) in [5, 5.41) is 6.86. The molecule has 0 saturated heterocycles. The lowest BCUT2D eigenvalue weighted by molar-refractivity contribution is 0.581. The van der Waals surface area contributed by atoms with Crippen LogP contribution < -0.4 is 4.72 Å². The normalized spacial score (nSPS) is 11.9. The lowest BCUT2D eigenvalue weighted by Gasteiger charge is -2.08. The Bertz CT molecular complexity index is 968. The summed E-state index contributed by atoms with van der Waals surface area (Å²) < 4.78 is 41.0. The van der Waals surface area contributed by atoms with Crippen LogP contribution in [0, 0.1) is 12.7 Å². The van der Waals surface area contributed by atoms with E-state index in [4.69, 9.17) is 0 Å². The second-order valence-corrected chi connectivity index (χ2v) is 8.22. The average molecular weight is 380 g/mol. The highest BCUT2D eigenvalue weighted by atomic mass is 32.2. The summed E-state index contributed by atoms with van der Waals surface area (Å²) in [7, 11) is -3.70. The minimum Gasteiger partial charge on any atom is -0.263 e. The Labute approximate surface area is 149 Å². The molecular formula is C16H17FN4O2S2. The highest BCUT2D eigenvalue weighted by Gasteiger charge is 2.20. The molecular weight excluding hydrogens is 363 g/mol. The van der Waals surface area contributed by atoms with E-state index >= 15 is 0 Å². The van der Waals surface area contributed by atoms with Crippen LogP contribution in [0.4, 0.5) is 4.39 Å². The molecule has 0 aliphatic heterocycles. The number of aryl methyl sites for hydroxylation is 1. The molecule has 0 saturated carbocycles. The predicted molar refractivity (Wildman–Crippen MR) is 96.4 cm³/mol. The van der Waals surface area contributed by atoms with Crippen LogP contribution in [-0.2, 0) is 15.8 Å². The van der Waals surface area contributed by atoms with Crippen molar-refractivity contribution in [3.05, 3.63) is 53.5 Å². The van der Waals surface area contributed by atoms with Crippen LogP contribution in [0.2, 0.25) is 0 Å². The van der Waals surface area contributed by atoms with Gasteiger partial charge in [-0.3, -0.25) is 5.10 Å². The monoisotopic (exact) mass is 380 g/mol. The number of benzene rings is 1. The van der Waals surface area contributed by atoms with Gasteiger partial charge in [0.05, 0.1) is 5.39 Å². The fourth-order valence-electron chi connectivity index (χ4n) is 2.38. The highest BCUT2D eigenvalue weighted by Crippen LogP contribution is 2.20. The number of H-pyrrole nitrogens is 1. The number of aromatic nitrogens is 3. The largest absolute Gasteiger partial charge is 0.263 e. The van der Waals surface area contributed by atoms with E-state index in [1.54, 1.807) is 24.4 Å². The van der Waals surface area contributed by atoms with Gasteiger partial charge in [-0.25, -0.2) is 22.5 Å². The second-order valence-electron chi connectivity index (χ2n) is 5.41. The van der Waals surface area contributed by atoms with Crippen molar-refractivity contribution in [3.63, 3.8) is 0 Å². The number of nitrogens with one attached hydrogen (secondary N) is 2. The van der Waals surface area contributed by atoms with Gasteiger partial charge in [-0.2, -0.15) is 16.9 Å². The van der Waals surface area contributed by atoms with Crippen LogP contribution in [0.5, 0.6) is 0 Å². The summed E-state index contributed by atoms with van der Waals surface area (Å²) in [6.45, 7) is 2.10. The summed E-state index contributed by atoms with van der Waals surface area (Å²) in [6, 6.07) is 8.28. The van der Waals surface area contributed by atoms with Crippen molar-refractivity contribution >= 4 is 32.8 Å². The Morgan fingerprint density at radius 2 is 2.12 bits per heavy atom. The number of sulfonamides is 1. The summed E-state index contributed by atoms with van der Waals surface area (Å²) in [5.41, 5.74) is 1.90. The van der Waals surface area contributed by atoms with Crippen LogP contribution in [0.25, 0.3) is 11.0 Å². The Kier molecular flexibility index (Phi) is 5.36. The third-order valence-corrected chi connectivity index (χ3v) is 6.12. The van der Waals surface area contributed by atoms with Crippen molar-refractivity contribution in [3.8, 4) is 0 Å². The van der Waals surface area contributed by atoms with Crippen molar-refractivity contribution in [1.82, 2.24) is 19.9 Å². The first-order chi connectivity index (χ1) is 12.0. The van der Waals surface area contributed by atoms with Gasteiger partial charge >= 0.3 is 0 Å². The first kappa shape index (κ1) is 17.8. The van der Waals surface area contributed by atoms with E-state index < -0.39 is 10.0 Å². The number of thioether (sulfide) groups is 1. The van der Waals surface area contributed by atoms with Gasteiger partial charge in [-0.05, 0) is 30.7 Å². The Balaban J connectivity index is 1.57. The number of hydrogen-bond acceptors (Lipinski definition) is 5. The van der Waals surface area contributed by atoms with Gasteiger partial charge < -0.3 is 0 Å². The van der Waals surface area contributed by atoms with Gasteiger partial charge in [0.1, 0.15) is 5.82 Å². The Morgan fingerprint density at radius 3 is 2.92 bits per heavy atom. The molecule has 2 heterocycles. The van der Waals surface area contributed by atoms with Gasteiger partial charge in [0.25, 0.3) is 10.0 Å². The maximum Gasteiger partial charge on any atom is 0.258 e. The average Bonchev–Trinajstić information content (AvgIpc) is 3.02. The molecule has 1 aromatic carbocycles. The van der Waals surface area contributed by atoms with Crippen LogP contribution in [0.3, 0.4) is 0 Å². The van der Waals surface area contributed by atoms with Crippen LogP contribution in [0.15, 0.2) is 41.6 Å². The molecule has 0 amide bonds. The van der Waals surface area contributed by atoms with Crippen molar-refractivity contribution in [1.29, 1.82) is 0 Å². The van der Waals surface area contributed by atoms with Gasteiger partial charge in [-0.15, -0.1) is 0 Å². The maximum atomic E-state index is 13.7. The molecule has 25 heavy (non-hydrogen) atoms. The molecule has 6 nitrogen and oxygen atoms in total.